The molecule has 1 aliphatic rings. The Hall–Kier alpha value is -1.11. The van der Waals surface area contributed by atoms with Crippen LogP contribution in [0.15, 0.2) is 24.3 Å². The van der Waals surface area contributed by atoms with E-state index in [9.17, 15) is 8.42 Å². The first-order valence-electron chi connectivity index (χ1n) is 6.21. The normalized spacial score (nSPS) is 25.7. The van der Waals surface area contributed by atoms with Gasteiger partial charge in [-0.15, -0.1) is 0 Å². The first kappa shape index (κ1) is 14.3. The van der Waals surface area contributed by atoms with Crippen molar-refractivity contribution in [1.29, 1.82) is 0 Å². The van der Waals surface area contributed by atoms with E-state index in [-0.39, 0.29) is 23.6 Å². The lowest BCUT2D eigenvalue weighted by atomic mass is 10.1. The molecule has 2 N–H and O–H groups in total. The Bertz CT molecular complexity index is 545. The number of nitrogens with two attached hydrogens (primary N) is 1. The Morgan fingerprint density at radius 1 is 1.37 bits per heavy atom. The van der Waals surface area contributed by atoms with Crippen LogP contribution in [0.5, 0.6) is 5.75 Å². The van der Waals surface area contributed by atoms with Gasteiger partial charge in [-0.2, -0.15) is 0 Å². The van der Waals surface area contributed by atoms with Gasteiger partial charge in [-0.1, -0.05) is 18.2 Å². The number of ether oxygens (including phenoxy) is 1. The molecule has 5 nitrogen and oxygen atoms in total. The lowest BCUT2D eigenvalue weighted by molar-refractivity contribution is 0.233. The van der Waals surface area contributed by atoms with Crippen molar-refractivity contribution in [1.82, 2.24) is 4.90 Å². The minimum Gasteiger partial charge on any atom is -0.496 e. The van der Waals surface area contributed by atoms with Gasteiger partial charge < -0.3 is 10.5 Å². The number of rotatable bonds is 4. The van der Waals surface area contributed by atoms with Crippen molar-refractivity contribution in [2.24, 2.45) is 5.73 Å². The summed E-state index contributed by atoms with van der Waals surface area (Å²) < 4.78 is 28.5. The highest BCUT2D eigenvalue weighted by atomic mass is 32.2. The maximum atomic E-state index is 11.6. The van der Waals surface area contributed by atoms with Crippen molar-refractivity contribution in [2.75, 3.05) is 25.7 Å². The first-order chi connectivity index (χ1) is 8.93. The first-order valence-corrected chi connectivity index (χ1v) is 8.03. The van der Waals surface area contributed by atoms with Crippen molar-refractivity contribution in [3.63, 3.8) is 0 Å². The molecular weight excluding hydrogens is 264 g/mol. The highest BCUT2D eigenvalue weighted by molar-refractivity contribution is 7.91. The van der Waals surface area contributed by atoms with E-state index >= 15 is 0 Å². The van der Waals surface area contributed by atoms with Crippen LogP contribution in [0.1, 0.15) is 5.56 Å². The van der Waals surface area contributed by atoms with E-state index in [4.69, 9.17) is 10.5 Å². The third-order valence-electron chi connectivity index (χ3n) is 3.54. The van der Waals surface area contributed by atoms with Crippen LogP contribution >= 0.6 is 0 Å². The minimum atomic E-state index is -3.00. The maximum absolute atomic E-state index is 11.6. The molecule has 1 aromatic rings. The Kier molecular flexibility index (Phi) is 4.13. The molecule has 1 aromatic carbocycles. The van der Waals surface area contributed by atoms with Gasteiger partial charge in [-0.05, 0) is 13.1 Å². The molecule has 1 aliphatic heterocycles. The van der Waals surface area contributed by atoms with E-state index in [2.05, 4.69) is 0 Å². The Morgan fingerprint density at radius 2 is 2.05 bits per heavy atom. The van der Waals surface area contributed by atoms with Crippen molar-refractivity contribution >= 4 is 9.84 Å². The topological polar surface area (TPSA) is 72.6 Å². The molecule has 0 spiro atoms. The van der Waals surface area contributed by atoms with Crippen LogP contribution in [0.25, 0.3) is 0 Å². The standard InChI is InChI=1S/C13H20N2O3S/c1-15(12-9-19(16,17)8-11(12)14)7-10-5-3-4-6-13(10)18-2/h3-6,11-12H,7-9,14H2,1-2H3. The van der Waals surface area contributed by atoms with Crippen LogP contribution in [-0.2, 0) is 16.4 Å². The summed E-state index contributed by atoms with van der Waals surface area (Å²) in [6.45, 7) is 0.623. The van der Waals surface area contributed by atoms with E-state index in [1.165, 1.54) is 0 Å². The van der Waals surface area contributed by atoms with Crippen molar-refractivity contribution < 1.29 is 13.2 Å². The van der Waals surface area contributed by atoms with Crippen molar-refractivity contribution in [3.05, 3.63) is 29.8 Å². The summed E-state index contributed by atoms with van der Waals surface area (Å²) >= 11 is 0. The van der Waals surface area contributed by atoms with E-state index in [0.717, 1.165) is 11.3 Å². The molecule has 2 atom stereocenters. The zero-order valence-corrected chi connectivity index (χ0v) is 12.1. The van der Waals surface area contributed by atoms with E-state index in [1.54, 1.807) is 7.11 Å². The van der Waals surface area contributed by atoms with Crippen LogP contribution in [0.3, 0.4) is 0 Å². The number of para-hydroxylation sites is 1. The molecule has 0 aliphatic carbocycles. The summed E-state index contributed by atoms with van der Waals surface area (Å²) in [4.78, 5) is 1.99. The molecule has 0 aromatic heterocycles. The van der Waals surface area contributed by atoms with Gasteiger partial charge in [0.2, 0.25) is 0 Å². The molecule has 1 heterocycles. The number of benzene rings is 1. The van der Waals surface area contributed by atoms with Gasteiger partial charge in [0.1, 0.15) is 5.75 Å². The van der Waals surface area contributed by atoms with Crippen LogP contribution < -0.4 is 10.5 Å². The van der Waals surface area contributed by atoms with Gasteiger partial charge in [-0.3, -0.25) is 4.90 Å². The quantitative estimate of drug-likeness (QED) is 0.858. The molecule has 1 saturated heterocycles. The number of hydrogen-bond donors (Lipinski definition) is 1. The Morgan fingerprint density at radius 3 is 2.63 bits per heavy atom. The van der Waals surface area contributed by atoms with Gasteiger partial charge >= 0.3 is 0 Å². The summed E-state index contributed by atoms with van der Waals surface area (Å²) in [6.07, 6.45) is 0. The third kappa shape index (κ3) is 3.26. The van der Waals surface area contributed by atoms with Crippen LogP contribution in [0.2, 0.25) is 0 Å². The van der Waals surface area contributed by atoms with Crippen LogP contribution in [0, 0.1) is 0 Å². The van der Waals surface area contributed by atoms with Crippen molar-refractivity contribution in [2.45, 2.75) is 18.6 Å². The monoisotopic (exact) mass is 284 g/mol. The SMILES string of the molecule is COc1ccccc1CN(C)C1CS(=O)(=O)CC1N. The fourth-order valence-corrected chi connectivity index (χ4v) is 4.50. The molecule has 0 amide bonds. The number of likely N-dealkylation sites (N-methyl/N-ethyl adjacent to an activating group) is 1. The summed E-state index contributed by atoms with van der Waals surface area (Å²) in [6, 6.07) is 7.28. The van der Waals surface area contributed by atoms with Gasteiger partial charge in [0.05, 0.1) is 18.6 Å². The predicted octanol–water partition coefficient (Wildman–Crippen LogP) is 0.251. The number of methoxy groups -OCH3 is 1. The minimum absolute atomic E-state index is 0.0773. The van der Waals surface area contributed by atoms with Gasteiger partial charge in [-0.25, -0.2) is 8.42 Å². The highest BCUT2D eigenvalue weighted by Crippen LogP contribution is 2.22. The molecule has 0 bridgehead atoms. The molecule has 106 valence electrons. The van der Waals surface area contributed by atoms with Gasteiger partial charge in [0.25, 0.3) is 0 Å². The Balaban J connectivity index is 2.11. The van der Waals surface area contributed by atoms with Crippen molar-refractivity contribution in [3.8, 4) is 5.75 Å². The fourth-order valence-electron chi connectivity index (χ4n) is 2.53. The number of nitrogens with zero attached hydrogens (tertiary/aromatic N) is 1. The molecule has 6 heteroatoms. The fraction of sp³-hybridized carbons (Fsp3) is 0.538. The second-order valence-electron chi connectivity index (χ2n) is 5.04. The summed E-state index contributed by atoms with van der Waals surface area (Å²) in [5.74, 6) is 1.03. The number of sulfone groups is 1. The van der Waals surface area contributed by atoms with E-state index in [1.807, 2.05) is 36.2 Å². The summed E-state index contributed by atoms with van der Waals surface area (Å²) in [5, 5.41) is 0. The molecule has 1 fully saturated rings. The van der Waals surface area contributed by atoms with Crippen LogP contribution in [0.4, 0.5) is 0 Å². The average molecular weight is 284 g/mol. The largest absolute Gasteiger partial charge is 0.496 e. The third-order valence-corrected chi connectivity index (χ3v) is 5.29. The zero-order chi connectivity index (χ0) is 14.0. The van der Waals surface area contributed by atoms with E-state index in [0.29, 0.717) is 6.54 Å². The lowest BCUT2D eigenvalue weighted by Crippen LogP contribution is -2.44. The maximum Gasteiger partial charge on any atom is 0.153 e. The predicted molar refractivity (Wildman–Crippen MR) is 74.9 cm³/mol. The average Bonchev–Trinajstić information content (AvgIpc) is 2.63. The molecule has 2 unspecified atom stereocenters. The van der Waals surface area contributed by atoms with Crippen LogP contribution in [-0.4, -0.2) is 51.1 Å². The van der Waals surface area contributed by atoms with E-state index < -0.39 is 9.84 Å². The smallest absolute Gasteiger partial charge is 0.153 e. The summed E-state index contributed by atoms with van der Waals surface area (Å²) in [5.41, 5.74) is 6.96. The molecule has 2 rings (SSSR count). The second-order valence-corrected chi connectivity index (χ2v) is 7.19. The highest BCUT2D eigenvalue weighted by Gasteiger charge is 2.37. The summed E-state index contributed by atoms with van der Waals surface area (Å²) in [7, 11) is 0.535. The van der Waals surface area contributed by atoms with Gasteiger partial charge in [0, 0.05) is 24.2 Å². The molecule has 19 heavy (non-hydrogen) atoms. The molecular formula is C13H20N2O3S. The second kappa shape index (κ2) is 5.48. The zero-order valence-electron chi connectivity index (χ0n) is 11.2. The molecule has 0 saturated carbocycles. The number of hydrogen-bond acceptors (Lipinski definition) is 5. The van der Waals surface area contributed by atoms with Gasteiger partial charge in [0.15, 0.2) is 9.84 Å². The Labute approximate surface area is 114 Å². The lowest BCUT2D eigenvalue weighted by Gasteiger charge is -2.27. The molecule has 0 radical (unpaired) electrons.